The van der Waals surface area contributed by atoms with Crippen LogP contribution < -0.4 is 10.6 Å². The van der Waals surface area contributed by atoms with E-state index in [1.54, 1.807) is 6.07 Å². The zero-order chi connectivity index (χ0) is 12.8. The van der Waals surface area contributed by atoms with Crippen molar-refractivity contribution in [3.8, 4) is 6.07 Å². The molecule has 0 saturated heterocycles. The van der Waals surface area contributed by atoms with Crippen molar-refractivity contribution in [3.63, 3.8) is 0 Å². The minimum Gasteiger partial charge on any atom is -0.354 e. The molecule has 0 spiro atoms. The first-order chi connectivity index (χ1) is 8.78. The van der Waals surface area contributed by atoms with Gasteiger partial charge in [-0.2, -0.15) is 5.26 Å². The number of anilines is 1. The lowest BCUT2D eigenvalue weighted by atomic mass is 10.3. The Kier molecular flexibility index (Phi) is 4.07. The van der Waals surface area contributed by atoms with Crippen LogP contribution >= 0.6 is 0 Å². The normalized spacial score (nSPS) is 13.7. The predicted octanol–water partition coefficient (Wildman–Crippen LogP) is 0.819. The van der Waals surface area contributed by atoms with E-state index >= 15 is 0 Å². The summed E-state index contributed by atoms with van der Waals surface area (Å²) in [6.07, 6.45) is 4.98. The highest BCUT2D eigenvalue weighted by Gasteiger charge is 2.22. The maximum atomic E-state index is 11.4. The smallest absolute Gasteiger partial charge is 0.223 e. The van der Waals surface area contributed by atoms with Gasteiger partial charge in [0.2, 0.25) is 11.9 Å². The molecule has 1 aromatic rings. The van der Waals surface area contributed by atoms with Gasteiger partial charge in [0.25, 0.3) is 0 Å². The zero-order valence-corrected chi connectivity index (χ0v) is 10.0. The molecule has 1 aromatic heterocycles. The van der Waals surface area contributed by atoms with Crippen LogP contribution in [0.15, 0.2) is 12.3 Å². The van der Waals surface area contributed by atoms with Crippen LogP contribution in [0.25, 0.3) is 0 Å². The molecule has 18 heavy (non-hydrogen) atoms. The molecule has 94 valence electrons. The van der Waals surface area contributed by atoms with E-state index in [-0.39, 0.29) is 5.91 Å². The van der Waals surface area contributed by atoms with Crippen LogP contribution in [-0.4, -0.2) is 28.5 Å². The fourth-order valence-corrected chi connectivity index (χ4v) is 1.48. The molecule has 0 aromatic carbocycles. The second-order valence-electron chi connectivity index (χ2n) is 4.25. The summed E-state index contributed by atoms with van der Waals surface area (Å²) in [6.45, 7) is 0.618. The van der Waals surface area contributed by atoms with E-state index in [0.29, 0.717) is 30.6 Å². The Morgan fingerprint density at radius 1 is 1.56 bits per heavy atom. The number of rotatable bonds is 6. The molecule has 0 unspecified atom stereocenters. The lowest BCUT2D eigenvalue weighted by Crippen LogP contribution is -2.25. The molecule has 2 N–H and O–H groups in total. The monoisotopic (exact) mass is 245 g/mol. The van der Waals surface area contributed by atoms with Gasteiger partial charge in [0.1, 0.15) is 11.8 Å². The minimum absolute atomic E-state index is 0.103. The zero-order valence-electron chi connectivity index (χ0n) is 10.0. The Labute approximate surface area is 105 Å². The van der Waals surface area contributed by atoms with E-state index in [9.17, 15) is 4.79 Å². The molecule has 6 heteroatoms. The summed E-state index contributed by atoms with van der Waals surface area (Å²) in [5.41, 5.74) is 0.332. The maximum Gasteiger partial charge on any atom is 0.223 e. The molecule has 0 atom stereocenters. The SMILES string of the molecule is N#Cc1ccnc(NCCCC(=O)NC2CC2)n1. The average Bonchev–Trinajstić information content (AvgIpc) is 3.19. The Morgan fingerprint density at radius 2 is 2.39 bits per heavy atom. The molecule has 1 aliphatic rings. The van der Waals surface area contributed by atoms with Crippen molar-refractivity contribution < 1.29 is 4.79 Å². The molecule has 2 rings (SSSR count). The molecule has 1 heterocycles. The van der Waals surface area contributed by atoms with Crippen LogP contribution in [0.3, 0.4) is 0 Å². The Morgan fingerprint density at radius 3 is 3.11 bits per heavy atom. The molecule has 0 radical (unpaired) electrons. The van der Waals surface area contributed by atoms with E-state index < -0.39 is 0 Å². The molecule has 1 saturated carbocycles. The molecule has 1 fully saturated rings. The summed E-state index contributed by atoms with van der Waals surface area (Å²) in [5.74, 6) is 0.530. The number of carbonyl (C=O) groups excluding carboxylic acids is 1. The van der Waals surface area contributed by atoms with Crippen LogP contribution in [-0.2, 0) is 4.79 Å². The van der Waals surface area contributed by atoms with Gasteiger partial charge in [-0.3, -0.25) is 4.79 Å². The standard InChI is InChI=1S/C12H15N5O/c13-8-10-5-7-15-12(17-10)14-6-1-2-11(18)16-9-3-4-9/h5,7,9H,1-4,6H2,(H,16,18)(H,14,15,17). The van der Waals surface area contributed by atoms with Crippen molar-refractivity contribution in [2.45, 2.75) is 31.7 Å². The van der Waals surface area contributed by atoms with E-state index in [0.717, 1.165) is 19.3 Å². The van der Waals surface area contributed by atoms with Crippen LogP contribution in [0.1, 0.15) is 31.4 Å². The van der Waals surface area contributed by atoms with Gasteiger partial charge < -0.3 is 10.6 Å². The van der Waals surface area contributed by atoms with Crippen LogP contribution in [0.2, 0.25) is 0 Å². The van der Waals surface area contributed by atoms with Gasteiger partial charge in [-0.15, -0.1) is 0 Å². The fraction of sp³-hybridized carbons (Fsp3) is 0.500. The van der Waals surface area contributed by atoms with Crippen molar-refractivity contribution in [1.82, 2.24) is 15.3 Å². The number of nitrogens with zero attached hydrogens (tertiary/aromatic N) is 3. The lowest BCUT2D eigenvalue weighted by Gasteiger charge is -2.05. The van der Waals surface area contributed by atoms with Gasteiger partial charge in [-0.1, -0.05) is 0 Å². The molecule has 0 bridgehead atoms. The quantitative estimate of drug-likeness (QED) is 0.724. The Balaban J connectivity index is 1.65. The minimum atomic E-state index is 0.103. The number of aromatic nitrogens is 2. The average molecular weight is 245 g/mol. The van der Waals surface area contributed by atoms with E-state index in [1.807, 2.05) is 6.07 Å². The fourth-order valence-electron chi connectivity index (χ4n) is 1.48. The number of carbonyl (C=O) groups is 1. The second-order valence-corrected chi connectivity index (χ2v) is 4.25. The highest BCUT2D eigenvalue weighted by molar-refractivity contribution is 5.76. The largest absolute Gasteiger partial charge is 0.354 e. The van der Waals surface area contributed by atoms with Gasteiger partial charge in [-0.05, 0) is 25.3 Å². The van der Waals surface area contributed by atoms with Gasteiger partial charge >= 0.3 is 0 Å². The predicted molar refractivity (Wildman–Crippen MR) is 65.6 cm³/mol. The number of nitriles is 1. The van der Waals surface area contributed by atoms with Crippen molar-refractivity contribution in [3.05, 3.63) is 18.0 Å². The summed E-state index contributed by atoms with van der Waals surface area (Å²) in [5, 5.41) is 14.6. The third kappa shape index (κ3) is 4.01. The summed E-state index contributed by atoms with van der Waals surface area (Å²) >= 11 is 0. The first-order valence-electron chi connectivity index (χ1n) is 6.04. The summed E-state index contributed by atoms with van der Waals surface area (Å²) in [7, 11) is 0. The third-order valence-corrected chi connectivity index (χ3v) is 2.58. The van der Waals surface area contributed by atoms with Crippen molar-refractivity contribution in [2.24, 2.45) is 0 Å². The van der Waals surface area contributed by atoms with Crippen LogP contribution in [0.4, 0.5) is 5.95 Å². The van der Waals surface area contributed by atoms with Crippen molar-refractivity contribution >= 4 is 11.9 Å². The summed E-state index contributed by atoms with van der Waals surface area (Å²) in [4.78, 5) is 19.4. The van der Waals surface area contributed by atoms with Crippen molar-refractivity contribution in [2.75, 3.05) is 11.9 Å². The van der Waals surface area contributed by atoms with E-state index in [1.165, 1.54) is 6.20 Å². The topological polar surface area (TPSA) is 90.7 Å². The van der Waals surface area contributed by atoms with Crippen LogP contribution in [0, 0.1) is 11.3 Å². The molecular formula is C12H15N5O. The molecule has 1 aliphatic carbocycles. The van der Waals surface area contributed by atoms with Gasteiger partial charge in [0, 0.05) is 25.2 Å². The van der Waals surface area contributed by atoms with E-state index in [2.05, 4.69) is 20.6 Å². The Hall–Kier alpha value is -2.16. The summed E-state index contributed by atoms with van der Waals surface area (Å²) < 4.78 is 0. The number of nitrogens with one attached hydrogen (secondary N) is 2. The number of hydrogen-bond acceptors (Lipinski definition) is 5. The first-order valence-corrected chi connectivity index (χ1v) is 6.04. The number of amides is 1. The van der Waals surface area contributed by atoms with Gasteiger partial charge in [0.15, 0.2) is 0 Å². The highest BCUT2D eigenvalue weighted by atomic mass is 16.1. The lowest BCUT2D eigenvalue weighted by molar-refractivity contribution is -0.121. The van der Waals surface area contributed by atoms with Crippen LogP contribution in [0.5, 0.6) is 0 Å². The second kappa shape index (κ2) is 5.96. The molecule has 6 nitrogen and oxygen atoms in total. The maximum absolute atomic E-state index is 11.4. The van der Waals surface area contributed by atoms with E-state index in [4.69, 9.17) is 5.26 Å². The highest BCUT2D eigenvalue weighted by Crippen LogP contribution is 2.18. The summed E-state index contributed by atoms with van der Waals surface area (Å²) in [6, 6.07) is 3.92. The van der Waals surface area contributed by atoms with Gasteiger partial charge in [-0.25, -0.2) is 9.97 Å². The molecule has 1 amide bonds. The molecular weight excluding hydrogens is 230 g/mol. The Bertz CT molecular complexity index is 464. The first kappa shape index (κ1) is 12.3. The molecule has 0 aliphatic heterocycles. The van der Waals surface area contributed by atoms with Gasteiger partial charge in [0.05, 0.1) is 0 Å². The third-order valence-electron chi connectivity index (χ3n) is 2.58. The van der Waals surface area contributed by atoms with Crippen molar-refractivity contribution in [1.29, 1.82) is 5.26 Å². The number of hydrogen-bond donors (Lipinski definition) is 2.